The molecule has 2 aromatic carbocycles. The normalized spacial score (nSPS) is 15.2. The number of benzene rings is 2. The number of thiazole rings is 1. The molecular weight excluding hydrogens is 532 g/mol. The number of ether oxygens (including phenoxy) is 2. The van der Waals surface area contributed by atoms with Crippen LogP contribution in [0, 0.1) is 18.3 Å². The van der Waals surface area contributed by atoms with Crippen molar-refractivity contribution in [3.63, 3.8) is 0 Å². The second-order valence-electron chi connectivity index (χ2n) is 8.69. The molecule has 1 aliphatic rings. The van der Waals surface area contributed by atoms with E-state index in [1.807, 2.05) is 12.3 Å². The van der Waals surface area contributed by atoms with E-state index in [1.54, 1.807) is 54.6 Å². The Kier molecular flexibility index (Phi) is 6.89. The predicted molar refractivity (Wildman–Crippen MR) is 147 cm³/mol. The molecular formula is C28H22N6O5S. The van der Waals surface area contributed by atoms with Crippen molar-refractivity contribution in [2.45, 2.75) is 12.8 Å². The molecule has 2 aromatic heterocycles. The lowest BCUT2D eigenvalue weighted by molar-refractivity contribution is -0.139. The van der Waals surface area contributed by atoms with Crippen LogP contribution in [-0.4, -0.2) is 40.8 Å². The number of methoxy groups -OCH3 is 2. The van der Waals surface area contributed by atoms with Crippen molar-refractivity contribution >= 4 is 33.9 Å². The first-order chi connectivity index (χ1) is 19.3. The summed E-state index contributed by atoms with van der Waals surface area (Å²) < 4.78 is 11.7. The van der Waals surface area contributed by atoms with E-state index >= 15 is 0 Å². The molecule has 1 aliphatic heterocycles. The first-order valence-electron chi connectivity index (χ1n) is 11.9. The molecule has 4 aromatic rings. The fourth-order valence-electron chi connectivity index (χ4n) is 4.67. The molecule has 0 fully saturated rings. The van der Waals surface area contributed by atoms with Gasteiger partial charge in [-0.2, -0.15) is 15.3 Å². The lowest BCUT2D eigenvalue weighted by Crippen LogP contribution is -2.41. The van der Waals surface area contributed by atoms with Gasteiger partial charge in [-0.05, 0) is 18.6 Å². The van der Waals surface area contributed by atoms with Gasteiger partial charge in [0.05, 0.1) is 48.7 Å². The fraction of sp³-hybridized carbons (Fsp3) is 0.143. The molecule has 3 heterocycles. The number of allylic oxidation sites excluding steroid dienone is 1. The molecule has 1 atom stereocenters. The highest BCUT2D eigenvalue weighted by atomic mass is 32.1. The maximum atomic E-state index is 13.4. The zero-order valence-electron chi connectivity index (χ0n) is 21.6. The fourth-order valence-corrected chi connectivity index (χ4v) is 5.46. The number of hydrogen-bond acceptors (Lipinski definition) is 11. The first kappa shape index (κ1) is 26.3. The summed E-state index contributed by atoms with van der Waals surface area (Å²) in [6.07, 6.45) is 0. The van der Waals surface area contributed by atoms with Gasteiger partial charge in [-0.15, -0.1) is 11.3 Å². The monoisotopic (exact) mass is 554 g/mol. The summed E-state index contributed by atoms with van der Waals surface area (Å²) >= 11 is 1.27. The molecule has 12 heteroatoms. The van der Waals surface area contributed by atoms with Crippen molar-refractivity contribution in [2.75, 3.05) is 19.1 Å². The second kappa shape index (κ2) is 10.5. The molecule has 1 unspecified atom stereocenters. The number of para-hydroxylation sites is 1. The number of anilines is 1. The Balaban J connectivity index is 1.86. The number of rotatable bonds is 5. The maximum Gasteiger partial charge on any atom is 0.355 e. The Morgan fingerprint density at radius 3 is 2.40 bits per heavy atom. The van der Waals surface area contributed by atoms with E-state index in [2.05, 4.69) is 16.2 Å². The molecule has 0 spiro atoms. The van der Waals surface area contributed by atoms with Crippen molar-refractivity contribution in [1.82, 2.24) is 14.6 Å². The number of hydrogen-bond donors (Lipinski definition) is 1. The Bertz CT molecular complexity index is 1830. The Hall–Kier alpha value is -5.28. The van der Waals surface area contributed by atoms with Crippen molar-refractivity contribution < 1.29 is 19.1 Å². The van der Waals surface area contributed by atoms with Crippen LogP contribution in [-0.2, 0) is 19.1 Å². The van der Waals surface area contributed by atoms with Crippen LogP contribution in [0.5, 0.6) is 0 Å². The highest BCUT2D eigenvalue weighted by Crippen LogP contribution is 2.44. The van der Waals surface area contributed by atoms with Gasteiger partial charge >= 0.3 is 17.5 Å². The van der Waals surface area contributed by atoms with Crippen LogP contribution < -0.4 is 16.2 Å². The third-order valence-corrected chi connectivity index (χ3v) is 7.39. The van der Waals surface area contributed by atoms with Crippen molar-refractivity contribution in [1.29, 1.82) is 5.26 Å². The Morgan fingerprint density at radius 2 is 1.73 bits per heavy atom. The van der Waals surface area contributed by atoms with Crippen LogP contribution in [0.1, 0.15) is 17.2 Å². The van der Waals surface area contributed by atoms with Gasteiger partial charge in [-0.3, -0.25) is 9.69 Å². The summed E-state index contributed by atoms with van der Waals surface area (Å²) in [5.41, 5.74) is 7.40. The maximum absolute atomic E-state index is 13.4. The molecule has 0 radical (unpaired) electrons. The SMILES string of the molecule is COC(=O)C1=C(C(=O)OC)N(c2ccccc2-c2nn3c(C)csc3nc2=O)C(N)=C(C#N)C1c1ccccc1. The summed E-state index contributed by atoms with van der Waals surface area (Å²) in [7, 11) is 2.34. The lowest BCUT2D eigenvalue weighted by Gasteiger charge is -2.36. The van der Waals surface area contributed by atoms with Gasteiger partial charge < -0.3 is 15.2 Å². The summed E-state index contributed by atoms with van der Waals surface area (Å²) in [4.78, 5) is 45.7. The summed E-state index contributed by atoms with van der Waals surface area (Å²) in [5, 5.41) is 16.6. The Labute approximate surface area is 232 Å². The molecule has 0 saturated carbocycles. The number of nitrogens with two attached hydrogens (primary N) is 1. The van der Waals surface area contributed by atoms with E-state index in [-0.39, 0.29) is 39.6 Å². The first-order valence-corrected chi connectivity index (χ1v) is 12.8. The van der Waals surface area contributed by atoms with Crippen molar-refractivity contribution in [3.8, 4) is 17.3 Å². The predicted octanol–water partition coefficient (Wildman–Crippen LogP) is 3.02. The molecule has 11 nitrogen and oxygen atoms in total. The summed E-state index contributed by atoms with van der Waals surface area (Å²) in [6, 6.07) is 17.3. The largest absolute Gasteiger partial charge is 0.466 e. The number of nitrogens with zero attached hydrogens (tertiary/aromatic N) is 5. The van der Waals surface area contributed by atoms with Crippen LogP contribution in [0.15, 0.2) is 87.4 Å². The van der Waals surface area contributed by atoms with E-state index in [9.17, 15) is 19.6 Å². The van der Waals surface area contributed by atoms with Gasteiger partial charge in [-0.1, -0.05) is 48.5 Å². The quantitative estimate of drug-likeness (QED) is 0.364. The summed E-state index contributed by atoms with van der Waals surface area (Å²) in [6.45, 7) is 1.83. The highest BCUT2D eigenvalue weighted by molar-refractivity contribution is 7.15. The third-order valence-electron chi connectivity index (χ3n) is 6.46. The van der Waals surface area contributed by atoms with Gasteiger partial charge in [0.2, 0.25) is 4.96 Å². The van der Waals surface area contributed by atoms with Gasteiger partial charge in [0, 0.05) is 10.9 Å². The standard InChI is InChI=1S/C28H22N6O5S/c1-15-14-40-28-31-25(35)22(32-34(15)28)17-11-7-8-12-19(17)33-23(27(37)39-3)21(26(36)38-2)20(18(13-29)24(33)30)16-9-5-4-6-10-16/h4-12,14,20H,30H2,1-3H3. The van der Waals surface area contributed by atoms with Gasteiger partial charge in [0.25, 0.3) is 0 Å². The molecule has 0 aliphatic carbocycles. The number of carbonyl (C=O) groups is 2. The van der Waals surface area contributed by atoms with Crippen LogP contribution in [0.4, 0.5) is 5.69 Å². The minimum absolute atomic E-state index is 0.000920. The topological polar surface area (TPSA) is 153 Å². The van der Waals surface area contributed by atoms with Gasteiger partial charge in [0.1, 0.15) is 11.5 Å². The van der Waals surface area contributed by atoms with Gasteiger partial charge in [0.15, 0.2) is 5.69 Å². The van der Waals surface area contributed by atoms with Crippen LogP contribution >= 0.6 is 11.3 Å². The second-order valence-corrected chi connectivity index (χ2v) is 9.53. The van der Waals surface area contributed by atoms with Crippen LogP contribution in [0.25, 0.3) is 16.2 Å². The number of nitriles is 1. The minimum atomic E-state index is -1.02. The number of aromatic nitrogens is 3. The van der Waals surface area contributed by atoms with E-state index < -0.39 is 23.4 Å². The van der Waals surface area contributed by atoms with E-state index in [0.29, 0.717) is 10.5 Å². The average Bonchev–Trinajstić information content (AvgIpc) is 3.34. The van der Waals surface area contributed by atoms with E-state index in [1.165, 1.54) is 27.9 Å². The highest BCUT2D eigenvalue weighted by Gasteiger charge is 2.43. The number of fused-ring (bicyclic) bond motifs is 1. The zero-order valence-corrected chi connectivity index (χ0v) is 22.4. The minimum Gasteiger partial charge on any atom is -0.466 e. The van der Waals surface area contributed by atoms with E-state index in [4.69, 9.17) is 15.2 Å². The number of carbonyl (C=O) groups excluding carboxylic acids is 2. The Morgan fingerprint density at radius 1 is 1.05 bits per heavy atom. The smallest absolute Gasteiger partial charge is 0.355 e. The molecule has 0 amide bonds. The molecule has 0 bridgehead atoms. The third kappa shape index (κ3) is 4.18. The molecule has 0 saturated heterocycles. The molecule has 200 valence electrons. The van der Waals surface area contributed by atoms with Crippen LogP contribution in [0.3, 0.4) is 0 Å². The summed E-state index contributed by atoms with van der Waals surface area (Å²) in [5.74, 6) is -2.90. The molecule has 40 heavy (non-hydrogen) atoms. The van der Waals surface area contributed by atoms with Crippen molar-refractivity contribution in [2.24, 2.45) is 5.73 Å². The zero-order chi connectivity index (χ0) is 28.6. The number of esters is 2. The molecule has 2 N–H and O–H groups in total. The lowest BCUT2D eigenvalue weighted by atomic mass is 9.80. The van der Waals surface area contributed by atoms with Crippen molar-refractivity contribution in [3.05, 3.63) is 104 Å². The number of aryl methyl sites for hydroxylation is 1. The van der Waals surface area contributed by atoms with Crippen LogP contribution in [0.2, 0.25) is 0 Å². The van der Waals surface area contributed by atoms with E-state index in [0.717, 1.165) is 12.8 Å². The average molecular weight is 555 g/mol. The van der Waals surface area contributed by atoms with Gasteiger partial charge in [-0.25, -0.2) is 14.1 Å². The molecule has 5 rings (SSSR count).